The summed E-state index contributed by atoms with van der Waals surface area (Å²) < 4.78 is 5.70. The third-order valence-corrected chi connectivity index (χ3v) is 4.27. The van der Waals surface area contributed by atoms with Gasteiger partial charge in [-0.3, -0.25) is 9.78 Å². The second-order valence-corrected chi connectivity index (χ2v) is 6.59. The molecule has 2 atom stereocenters. The van der Waals surface area contributed by atoms with Crippen LogP contribution in [0.15, 0.2) is 48.7 Å². The summed E-state index contributed by atoms with van der Waals surface area (Å²) in [5, 5.41) is 3.37. The first-order valence-electron chi connectivity index (χ1n) is 8.76. The highest BCUT2D eigenvalue weighted by Gasteiger charge is 2.26. The van der Waals surface area contributed by atoms with Gasteiger partial charge in [-0.25, -0.2) is 0 Å². The molecule has 1 amide bonds. The van der Waals surface area contributed by atoms with Gasteiger partial charge in [-0.2, -0.15) is 0 Å². The van der Waals surface area contributed by atoms with E-state index in [1.807, 2.05) is 61.2 Å². The van der Waals surface area contributed by atoms with Gasteiger partial charge in [-0.1, -0.05) is 18.2 Å². The third-order valence-electron chi connectivity index (χ3n) is 4.27. The Hall–Kier alpha value is -2.24. The second-order valence-electron chi connectivity index (χ2n) is 6.59. The molecule has 1 N–H and O–H groups in total. The van der Waals surface area contributed by atoms with Gasteiger partial charge in [0.25, 0.3) is 5.91 Å². The van der Waals surface area contributed by atoms with Crippen molar-refractivity contribution >= 4 is 5.91 Å². The molecular formula is C20H25N3O2. The second kappa shape index (κ2) is 8.23. The minimum Gasteiger partial charge on any atom is -0.372 e. The summed E-state index contributed by atoms with van der Waals surface area (Å²) in [5.74, 6) is 0.0787. The van der Waals surface area contributed by atoms with E-state index in [2.05, 4.69) is 10.3 Å². The van der Waals surface area contributed by atoms with Crippen molar-refractivity contribution in [3.63, 3.8) is 0 Å². The summed E-state index contributed by atoms with van der Waals surface area (Å²) >= 11 is 0. The molecule has 5 heteroatoms. The quantitative estimate of drug-likeness (QED) is 0.910. The van der Waals surface area contributed by atoms with Gasteiger partial charge in [-0.15, -0.1) is 0 Å². The van der Waals surface area contributed by atoms with Crippen molar-refractivity contribution in [1.82, 2.24) is 15.2 Å². The Kier molecular flexibility index (Phi) is 5.79. The molecule has 0 saturated carbocycles. The maximum atomic E-state index is 12.6. The lowest BCUT2D eigenvalue weighted by molar-refractivity contribution is -0.0586. The molecule has 0 radical (unpaired) electrons. The minimum absolute atomic E-state index is 0.0787. The van der Waals surface area contributed by atoms with Crippen molar-refractivity contribution in [3.05, 3.63) is 65.5 Å². The van der Waals surface area contributed by atoms with Gasteiger partial charge in [0, 0.05) is 37.9 Å². The lowest BCUT2D eigenvalue weighted by atomic mass is 10.1. The van der Waals surface area contributed by atoms with Gasteiger partial charge in [0.05, 0.1) is 17.9 Å². The first-order valence-corrected chi connectivity index (χ1v) is 8.76. The lowest BCUT2D eigenvalue weighted by Crippen LogP contribution is -2.48. The van der Waals surface area contributed by atoms with E-state index in [0.717, 1.165) is 29.9 Å². The molecule has 1 saturated heterocycles. The fourth-order valence-electron chi connectivity index (χ4n) is 3.13. The highest BCUT2D eigenvalue weighted by molar-refractivity contribution is 5.94. The Morgan fingerprint density at radius 2 is 1.84 bits per heavy atom. The number of nitrogens with zero attached hydrogens (tertiary/aromatic N) is 2. The average Bonchev–Trinajstić information content (AvgIpc) is 2.62. The highest BCUT2D eigenvalue weighted by Crippen LogP contribution is 2.15. The molecule has 3 rings (SSSR count). The summed E-state index contributed by atoms with van der Waals surface area (Å²) in [6.07, 6.45) is 1.97. The SMILES string of the molecule is C[C@@H]1CN(C(=O)c2ccc(CNCc3ccccn3)cc2)C[C@@H](C)O1. The van der Waals surface area contributed by atoms with Crippen LogP contribution in [-0.4, -0.2) is 41.1 Å². The van der Waals surface area contributed by atoms with E-state index in [9.17, 15) is 4.79 Å². The predicted molar refractivity (Wildman–Crippen MR) is 97.1 cm³/mol. The van der Waals surface area contributed by atoms with Crippen LogP contribution in [-0.2, 0) is 17.8 Å². The molecule has 0 bridgehead atoms. The van der Waals surface area contributed by atoms with Crippen LogP contribution in [0.5, 0.6) is 0 Å². The molecule has 2 heterocycles. The lowest BCUT2D eigenvalue weighted by Gasteiger charge is -2.35. The number of hydrogen-bond donors (Lipinski definition) is 1. The number of morpholine rings is 1. The number of aromatic nitrogens is 1. The molecule has 1 aliphatic rings. The Labute approximate surface area is 149 Å². The monoisotopic (exact) mass is 339 g/mol. The highest BCUT2D eigenvalue weighted by atomic mass is 16.5. The van der Waals surface area contributed by atoms with E-state index < -0.39 is 0 Å². The Morgan fingerprint density at radius 3 is 2.48 bits per heavy atom. The number of carbonyl (C=O) groups is 1. The van der Waals surface area contributed by atoms with Gasteiger partial charge >= 0.3 is 0 Å². The van der Waals surface area contributed by atoms with Crippen molar-refractivity contribution in [3.8, 4) is 0 Å². The van der Waals surface area contributed by atoms with Crippen molar-refractivity contribution < 1.29 is 9.53 Å². The number of hydrogen-bond acceptors (Lipinski definition) is 4. The summed E-state index contributed by atoms with van der Waals surface area (Å²) in [6, 6.07) is 13.7. The summed E-state index contributed by atoms with van der Waals surface area (Å²) in [4.78, 5) is 18.8. The number of pyridine rings is 1. The maximum absolute atomic E-state index is 12.6. The van der Waals surface area contributed by atoms with E-state index >= 15 is 0 Å². The van der Waals surface area contributed by atoms with Gasteiger partial charge in [0.15, 0.2) is 0 Å². The van der Waals surface area contributed by atoms with E-state index in [-0.39, 0.29) is 18.1 Å². The van der Waals surface area contributed by atoms with Gasteiger partial charge in [-0.05, 0) is 43.7 Å². The van der Waals surface area contributed by atoms with E-state index in [1.54, 1.807) is 6.20 Å². The predicted octanol–water partition coefficient (Wildman–Crippen LogP) is 2.62. The van der Waals surface area contributed by atoms with Gasteiger partial charge < -0.3 is 15.0 Å². The van der Waals surface area contributed by atoms with E-state index in [4.69, 9.17) is 4.74 Å². The number of amides is 1. The Morgan fingerprint density at radius 1 is 1.12 bits per heavy atom. The van der Waals surface area contributed by atoms with Crippen LogP contribution in [0.25, 0.3) is 0 Å². The molecule has 1 fully saturated rings. The van der Waals surface area contributed by atoms with Crippen LogP contribution in [0.2, 0.25) is 0 Å². The van der Waals surface area contributed by atoms with E-state index in [1.165, 1.54) is 0 Å². The number of rotatable bonds is 5. The summed E-state index contributed by atoms with van der Waals surface area (Å²) in [7, 11) is 0. The van der Waals surface area contributed by atoms with Crippen LogP contribution in [0.1, 0.15) is 35.5 Å². The third kappa shape index (κ3) is 4.87. The van der Waals surface area contributed by atoms with Crippen LogP contribution in [0, 0.1) is 0 Å². The summed E-state index contributed by atoms with van der Waals surface area (Å²) in [5.41, 5.74) is 2.90. The number of carbonyl (C=O) groups excluding carboxylic acids is 1. The zero-order valence-corrected chi connectivity index (χ0v) is 14.8. The average molecular weight is 339 g/mol. The fraction of sp³-hybridized carbons (Fsp3) is 0.400. The molecular weight excluding hydrogens is 314 g/mol. The molecule has 25 heavy (non-hydrogen) atoms. The van der Waals surface area contributed by atoms with Crippen molar-refractivity contribution in [2.75, 3.05) is 13.1 Å². The molecule has 0 unspecified atom stereocenters. The topological polar surface area (TPSA) is 54.5 Å². The first-order chi connectivity index (χ1) is 12.1. The molecule has 0 aliphatic carbocycles. The Balaban J connectivity index is 1.53. The summed E-state index contributed by atoms with van der Waals surface area (Å²) in [6.45, 7) is 6.79. The van der Waals surface area contributed by atoms with Crippen molar-refractivity contribution in [2.24, 2.45) is 0 Å². The normalized spacial score (nSPS) is 20.5. The molecule has 132 valence electrons. The minimum atomic E-state index is 0.0787. The number of benzene rings is 1. The molecule has 0 spiro atoms. The zero-order chi connectivity index (χ0) is 17.6. The van der Waals surface area contributed by atoms with Crippen LogP contribution in [0.3, 0.4) is 0 Å². The number of nitrogens with one attached hydrogen (secondary N) is 1. The molecule has 2 aromatic rings. The maximum Gasteiger partial charge on any atom is 0.254 e. The van der Waals surface area contributed by atoms with Crippen LogP contribution in [0.4, 0.5) is 0 Å². The van der Waals surface area contributed by atoms with Gasteiger partial charge in [0.1, 0.15) is 0 Å². The Bertz CT molecular complexity index is 678. The van der Waals surface area contributed by atoms with Crippen LogP contribution >= 0.6 is 0 Å². The van der Waals surface area contributed by atoms with Crippen LogP contribution < -0.4 is 5.32 Å². The molecule has 5 nitrogen and oxygen atoms in total. The number of ether oxygens (including phenoxy) is 1. The molecule has 1 aliphatic heterocycles. The molecule has 1 aromatic carbocycles. The largest absolute Gasteiger partial charge is 0.372 e. The standard InChI is InChI=1S/C20H25N3O2/c1-15-13-23(14-16(2)25-15)20(24)18-8-6-17(7-9-18)11-21-12-19-5-3-4-10-22-19/h3-10,15-16,21H,11-14H2,1-2H3/t15-,16-/m1/s1. The van der Waals surface area contributed by atoms with E-state index in [0.29, 0.717) is 13.1 Å². The fourth-order valence-corrected chi connectivity index (χ4v) is 3.13. The van der Waals surface area contributed by atoms with Crippen molar-refractivity contribution in [1.29, 1.82) is 0 Å². The smallest absolute Gasteiger partial charge is 0.254 e. The van der Waals surface area contributed by atoms with Gasteiger partial charge in [0.2, 0.25) is 0 Å². The zero-order valence-electron chi connectivity index (χ0n) is 14.8. The first kappa shape index (κ1) is 17.6. The van der Waals surface area contributed by atoms with Crippen molar-refractivity contribution in [2.45, 2.75) is 39.1 Å². The molecule has 1 aromatic heterocycles.